The molecular weight excluding hydrogens is 374 g/mol. The van der Waals surface area contributed by atoms with Gasteiger partial charge in [-0.15, -0.1) is 0 Å². The van der Waals surface area contributed by atoms with Crippen molar-refractivity contribution in [2.45, 2.75) is 51.8 Å². The quantitative estimate of drug-likeness (QED) is 0.803. The molecule has 1 atom stereocenters. The number of hydrogen-bond donors (Lipinski definition) is 1. The van der Waals surface area contributed by atoms with E-state index in [1.165, 1.54) is 18.2 Å². The number of carbonyl (C=O) groups excluding carboxylic acids is 1. The molecule has 1 aliphatic heterocycles. The van der Waals surface area contributed by atoms with E-state index in [1.807, 2.05) is 26.8 Å². The molecule has 0 spiro atoms. The summed E-state index contributed by atoms with van der Waals surface area (Å²) in [7, 11) is 0. The van der Waals surface area contributed by atoms with Crippen LogP contribution in [0.25, 0.3) is 0 Å². The van der Waals surface area contributed by atoms with Crippen LogP contribution in [0.3, 0.4) is 0 Å². The second-order valence-electron chi connectivity index (χ2n) is 8.50. The van der Waals surface area contributed by atoms with Crippen molar-refractivity contribution in [2.24, 2.45) is 0 Å². The summed E-state index contributed by atoms with van der Waals surface area (Å²) in [5.74, 6) is -0.493. The fourth-order valence-corrected chi connectivity index (χ4v) is 3.64. The van der Waals surface area contributed by atoms with E-state index in [2.05, 4.69) is 10.2 Å². The topological polar surface area (TPSA) is 41.6 Å². The third kappa shape index (κ3) is 6.26. The molecule has 0 radical (unpaired) electrons. The van der Waals surface area contributed by atoms with Crippen LogP contribution in [0.4, 0.5) is 13.6 Å². The average molecular weight is 402 g/mol. The van der Waals surface area contributed by atoms with E-state index in [0.717, 1.165) is 23.1 Å². The zero-order valence-corrected chi connectivity index (χ0v) is 17.2. The van der Waals surface area contributed by atoms with Gasteiger partial charge in [0.15, 0.2) is 0 Å². The summed E-state index contributed by atoms with van der Waals surface area (Å²) in [6, 6.07) is 11.5. The van der Waals surface area contributed by atoms with Crippen molar-refractivity contribution in [1.29, 1.82) is 0 Å². The lowest BCUT2D eigenvalue weighted by atomic mass is 9.90. The molecule has 0 aromatic heterocycles. The maximum absolute atomic E-state index is 13.7. The van der Waals surface area contributed by atoms with Crippen LogP contribution in [0.2, 0.25) is 0 Å². The van der Waals surface area contributed by atoms with Crippen LogP contribution in [-0.2, 0) is 24.1 Å². The second-order valence-corrected chi connectivity index (χ2v) is 8.50. The van der Waals surface area contributed by atoms with E-state index in [9.17, 15) is 13.6 Å². The first kappa shape index (κ1) is 21.2. The first-order valence-corrected chi connectivity index (χ1v) is 9.92. The SMILES string of the molecule is CC(C)(C)OC(=O)NCCN1Cc2ccc(F)cc2CC1Cc1ccc(F)cc1. The number of nitrogens with zero attached hydrogens (tertiary/aromatic N) is 1. The third-order valence-corrected chi connectivity index (χ3v) is 4.97. The molecule has 6 heteroatoms. The molecule has 1 unspecified atom stereocenters. The van der Waals surface area contributed by atoms with Gasteiger partial charge in [-0.2, -0.15) is 0 Å². The van der Waals surface area contributed by atoms with Crippen molar-refractivity contribution in [3.05, 3.63) is 70.8 Å². The lowest BCUT2D eigenvalue weighted by Crippen LogP contribution is -2.46. The minimum atomic E-state index is -0.538. The number of carbonyl (C=O) groups is 1. The summed E-state index contributed by atoms with van der Waals surface area (Å²) in [4.78, 5) is 14.2. The van der Waals surface area contributed by atoms with Gasteiger partial charge >= 0.3 is 6.09 Å². The van der Waals surface area contributed by atoms with Crippen molar-refractivity contribution in [3.8, 4) is 0 Å². The van der Waals surface area contributed by atoms with Crippen molar-refractivity contribution in [3.63, 3.8) is 0 Å². The standard InChI is InChI=1S/C23H28F2N2O2/c1-23(2,3)29-22(28)26-10-11-27-15-17-6-9-20(25)13-18(17)14-21(27)12-16-4-7-19(24)8-5-16/h4-9,13,21H,10-12,14-15H2,1-3H3,(H,26,28). The highest BCUT2D eigenvalue weighted by Crippen LogP contribution is 2.26. The Hall–Kier alpha value is -2.47. The molecule has 156 valence electrons. The van der Waals surface area contributed by atoms with Crippen molar-refractivity contribution < 1.29 is 18.3 Å². The van der Waals surface area contributed by atoms with E-state index >= 15 is 0 Å². The Morgan fingerprint density at radius 1 is 1.10 bits per heavy atom. The molecule has 0 saturated carbocycles. The van der Waals surface area contributed by atoms with Gasteiger partial charge < -0.3 is 10.1 Å². The van der Waals surface area contributed by atoms with Gasteiger partial charge in [-0.1, -0.05) is 18.2 Å². The van der Waals surface area contributed by atoms with Gasteiger partial charge in [-0.05, 0) is 74.6 Å². The van der Waals surface area contributed by atoms with Crippen molar-refractivity contribution >= 4 is 6.09 Å². The Morgan fingerprint density at radius 2 is 1.79 bits per heavy atom. The molecule has 1 amide bonds. The fourth-order valence-electron chi connectivity index (χ4n) is 3.64. The molecule has 3 rings (SSSR count). The van der Waals surface area contributed by atoms with Crippen LogP contribution in [0, 0.1) is 11.6 Å². The summed E-state index contributed by atoms with van der Waals surface area (Å²) in [6.45, 7) is 7.24. The zero-order valence-electron chi connectivity index (χ0n) is 17.2. The van der Waals surface area contributed by atoms with E-state index in [4.69, 9.17) is 4.74 Å². The monoisotopic (exact) mass is 402 g/mol. The van der Waals surface area contributed by atoms with Gasteiger partial charge in [-0.25, -0.2) is 13.6 Å². The third-order valence-electron chi connectivity index (χ3n) is 4.97. The Kier molecular flexibility index (Phi) is 6.52. The number of halogens is 2. The van der Waals surface area contributed by atoms with Crippen LogP contribution in [-0.4, -0.2) is 35.7 Å². The Bertz CT molecular complexity index is 847. The number of rotatable bonds is 5. The molecule has 2 aromatic rings. The Labute approximate surface area is 170 Å². The van der Waals surface area contributed by atoms with Crippen molar-refractivity contribution in [2.75, 3.05) is 13.1 Å². The highest BCUT2D eigenvalue weighted by Gasteiger charge is 2.27. The molecule has 1 aliphatic rings. The number of nitrogens with one attached hydrogen (secondary N) is 1. The molecule has 2 aromatic carbocycles. The predicted octanol–water partition coefficient (Wildman–Crippen LogP) is 4.46. The molecule has 29 heavy (non-hydrogen) atoms. The molecule has 0 saturated heterocycles. The maximum Gasteiger partial charge on any atom is 0.407 e. The molecule has 4 nitrogen and oxygen atoms in total. The summed E-state index contributed by atoms with van der Waals surface area (Å²) >= 11 is 0. The first-order chi connectivity index (χ1) is 13.7. The van der Waals surface area contributed by atoms with Crippen LogP contribution in [0.5, 0.6) is 0 Å². The molecule has 1 N–H and O–H groups in total. The van der Waals surface area contributed by atoms with Crippen LogP contribution >= 0.6 is 0 Å². The lowest BCUT2D eigenvalue weighted by Gasteiger charge is -2.37. The molecule has 0 bridgehead atoms. The second kappa shape index (κ2) is 8.91. The minimum Gasteiger partial charge on any atom is -0.444 e. The molecular formula is C23H28F2N2O2. The summed E-state index contributed by atoms with van der Waals surface area (Å²) in [5, 5.41) is 2.80. The van der Waals surface area contributed by atoms with E-state index < -0.39 is 11.7 Å². The number of amides is 1. The largest absolute Gasteiger partial charge is 0.444 e. The number of alkyl carbamates (subject to hydrolysis) is 1. The van der Waals surface area contributed by atoms with Gasteiger partial charge in [0.1, 0.15) is 17.2 Å². The Morgan fingerprint density at radius 3 is 2.48 bits per heavy atom. The molecule has 1 heterocycles. The summed E-state index contributed by atoms with van der Waals surface area (Å²) in [5.41, 5.74) is 2.59. The van der Waals surface area contributed by atoms with Gasteiger partial charge in [0.25, 0.3) is 0 Å². The number of hydrogen-bond acceptors (Lipinski definition) is 3. The predicted molar refractivity (Wildman–Crippen MR) is 109 cm³/mol. The number of benzene rings is 2. The van der Waals surface area contributed by atoms with Gasteiger partial charge in [0.2, 0.25) is 0 Å². The highest BCUT2D eigenvalue weighted by atomic mass is 19.1. The Balaban J connectivity index is 1.68. The van der Waals surface area contributed by atoms with Gasteiger partial charge in [0.05, 0.1) is 0 Å². The first-order valence-electron chi connectivity index (χ1n) is 9.92. The smallest absolute Gasteiger partial charge is 0.407 e. The fraction of sp³-hybridized carbons (Fsp3) is 0.435. The summed E-state index contributed by atoms with van der Waals surface area (Å²) in [6.07, 6.45) is 0.992. The number of ether oxygens (including phenoxy) is 1. The van der Waals surface area contributed by atoms with E-state index in [-0.39, 0.29) is 17.7 Å². The minimum absolute atomic E-state index is 0.134. The average Bonchev–Trinajstić information content (AvgIpc) is 2.62. The number of fused-ring (bicyclic) bond motifs is 1. The molecule has 0 fully saturated rings. The lowest BCUT2D eigenvalue weighted by molar-refractivity contribution is 0.0515. The van der Waals surface area contributed by atoms with Gasteiger partial charge in [0, 0.05) is 25.7 Å². The maximum atomic E-state index is 13.7. The summed E-state index contributed by atoms with van der Waals surface area (Å²) < 4.78 is 32.2. The zero-order chi connectivity index (χ0) is 21.0. The normalized spacial score (nSPS) is 16.9. The van der Waals surface area contributed by atoms with Crippen LogP contribution < -0.4 is 5.32 Å². The van der Waals surface area contributed by atoms with Gasteiger partial charge in [-0.3, -0.25) is 4.90 Å². The molecule has 0 aliphatic carbocycles. The van der Waals surface area contributed by atoms with E-state index in [0.29, 0.717) is 26.1 Å². The van der Waals surface area contributed by atoms with E-state index in [1.54, 1.807) is 18.2 Å². The van der Waals surface area contributed by atoms with Crippen LogP contribution in [0.1, 0.15) is 37.5 Å². The highest BCUT2D eigenvalue weighted by molar-refractivity contribution is 5.67. The van der Waals surface area contributed by atoms with Crippen molar-refractivity contribution in [1.82, 2.24) is 10.2 Å². The van der Waals surface area contributed by atoms with Crippen LogP contribution in [0.15, 0.2) is 42.5 Å².